The molecule has 0 aliphatic carbocycles. The molecule has 6 N–H and O–H groups in total. The molecule has 1 heterocycles. The third-order valence-electron chi connectivity index (χ3n) is 2.09. The van der Waals surface area contributed by atoms with Gasteiger partial charge in [0.2, 0.25) is 5.91 Å². The Morgan fingerprint density at radius 1 is 1.75 bits per heavy atom. The molecule has 1 rings (SSSR count). The number of halogens is 1. The number of aliphatic hydroxyl groups excluding tert-OH is 1. The van der Waals surface area contributed by atoms with Crippen LogP contribution in [0.4, 0.5) is 11.5 Å². The Hall–Kier alpha value is -1.34. The zero-order chi connectivity index (χ0) is 12.3. The summed E-state index contributed by atoms with van der Waals surface area (Å²) >= 11 is 3.32. The zero-order valence-corrected chi connectivity index (χ0v) is 10.3. The second kappa shape index (κ2) is 5.13. The monoisotopic (exact) mass is 288 g/mol. The molecule has 16 heavy (non-hydrogen) atoms. The number of hydrogen-bond donors (Lipinski definition) is 4. The van der Waals surface area contributed by atoms with Gasteiger partial charge in [0.25, 0.3) is 0 Å². The highest BCUT2D eigenvalue weighted by Crippen LogP contribution is 2.27. The molecule has 0 bridgehead atoms. The standard InChI is InChI=1S/C9H13BrN4O2/c1-4-5(11)2-13-9(7(4)10)14-3-6(15)8(12)16/h2,6,15H,3,11H2,1H3,(H2,12,16)(H,13,14). The average molecular weight is 289 g/mol. The first-order chi connectivity index (χ1) is 7.43. The minimum atomic E-state index is -1.24. The number of carbonyl (C=O) groups excluding carboxylic acids is 1. The maximum atomic E-state index is 10.6. The van der Waals surface area contributed by atoms with E-state index in [0.29, 0.717) is 16.0 Å². The number of amides is 1. The van der Waals surface area contributed by atoms with Crippen molar-refractivity contribution in [3.05, 3.63) is 16.2 Å². The van der Waals surface area contributed by atoms with Crippen molar-refractivity contribution in [2.75, 3.05) is 17.6 Å². The Labute approximate surface area is 101 Å². The summed E-state index contributed by atoms with van der Waals surface area (Å²) in [6.45, 7) is 1.83. The van der Waals surface area contributed by atoms with Gasteiger partial charge in [-0.15, -0.1) is 0 Å². The van der Waals surface area contributed by atoms with Gasteiger partial charge in [-0.05, 0) is 28.4 Å². The maximum absolute atomic E-state index is 10.6. The van der Waals surface area contributed by atoms with E-state index in [9.17, 15) is 9.90 Å². The van der Waals surface area contributed by atoms with Crippen LogP contribution in [0.25, 0.3) is 0 Å². The first-order valence-corrected chi connectivity index (χ1v) is 5.34. The van der Waals surface area contributed by atoms with Crippen molar-refractivity contribution in [2.45, 2.75) is 13.0 Å². The number of anilines is 2. The summed E-state index contributed by atoms with van der Waals surface area (Å²) in [5, 5.41) is 12.0. The van der Waals surface area contributed by atoms with Crippen LogP contribution in [0.2, 0.25) is 0 Å². The van der Waals surface area contributed by atoms with E-state index in [2.05, 4.69) is 26.2 Å². The largest absolute Gasteiger partial charge is 0.397 e. The lowest BCUT2D eigenvalue weighted by Crippen LogP contribution is -2.34. The number of nitrogen functional groups attached to an aromatic ring is 1. The summed E-state index contributed by atoms with van der Waals surface area (Å²) in [6.07, 6.45) is 0.255. The number of aromatic nitrogens is 1. The minimum absolute atomic E-state index is 0.00426. The van der Waals surface area contributed by atoms with E-state index in [1.54, 1.807) is 0 Å². The van der Waals surface area contributed by atoms with E-state index in [4.69, 9.17) is 11.5 Å². The Morgan fingerprint density at radius 3 is 2.94 bits per heavy atom. The molecule has 1 aromatic heterocycles. The Kier molecular flexibility index (Phi) is 4.08. The topological polar surface area (TPSA) is 114 Å². The lowest BCUT2D eigenvalue weighted by molar-refractivity contribution is -0.125. The van der Waals surface area contributed by atoms with Crippen LogP contribution in [0.3, 0.4) is 0 Å². The van der Waals surface area contributed by atoms with Gasteiger partial charge in [0.1, 0.15) is 11.9 Å². The molecule has 0 saturated heterocycles. The molecule has 0 saturated carbocycles. The van der Waals surface area contributed by atoms with Gasteiger partial charge >= 0.3 is 0 Å². The summed E-state index contributed by atoms with van der Waals surface area (Å²) in [6, 6.07) is 0. The molecule has 7 heteroatoms. The van der Waals surface area contributed by atoms with E-state index >= 15 is 0 Å². The molecular formula is C9H13BrN4O2. The molecule has 88 valence electrons. The van der Waals surface area contributed by atoms with Crippen LogP contribution in [0, 0.1) is 6.92 Å². The van der Waals surface area contributed by atoms with Crippen molar-refractivity contribution in [3.63, 3.8) is 0 Å². The number of carbonyl (C=O) groups is 1. The number of pyridine rings is 1. The van der Waals surface area contributed by atoms with E-state index in [0.717, 1.165) is 5.56 Å². The maximum Gasteiger partial charge on any atom is 0.248 e. The normalized spacial score (nSPS) is 12.2. The van der Waals surface area contributed by atoms with E-state index < -0.39 is 12.0 Å². The highest BCUT2D eigenvalue weighted by atomic mass is 79.9. The zero-order valence-electron chi connectivity index (χ0n) is 8.70. The molecule has 0 aliphatic rings. The average Bonchev–Trinajstić information content (AvgIpc) is 2.24. The number of nitrogens with zero attached hydrogens (tertiary/aromatic N) is 1. The van der Waals surface area contributed by atoms with Gasteiger partial charge in [-0.3, -0.25) is 4.79 Å². The number of nitrogens with two attached hydrogens (primary N) is 2. The van der Waals surface area contributed by atoms with Crippen molar-refractivity contribution < 1.29 is 9.90 Å². The van der Waals surface area contributed by atoms with Crippen molar-refractivity contribution >= 4 is 33.3 Å². The van der Waals surface area contributed by atoms with Crippen molar-refractivity contribution in [1.82, 2.24) is 4.98 Å². The number of rotatable bonds is 4. The SMILES string of the molecule is Cc1c(N)cnc(NCC(O)C(N)=O)c1Br. The van der Waals surface area contributed by atoms with Gasteiger partial charge in [-0.2, -0.15) is 0 Å². The number of aliphatic hydroxyl groups is 1. The molecule has 0 fully saturated rings. The summed E-state index contributed by atoms with van der Waals surface area (Å²) in [5.41, 5.74) is 12.0. The molecule has 1 amide bonds. The van der Waals surface area contributed by atoms with Crippen molar-refractivity contribution in [2.24, 2.45) is 5.73 Å². The van der Waals surface area contributed by atoms with Crippen molar-refractivity contribution in [1.29, 1.82) is 0 Å². The molecule has 1 unspecified atom stereocenters. The smallest absolute Gasteiger partial charge is 0.248 e. The van der Waals surface area contributed by atoms with Crippen LogP contribution >= 0.6 is 15.9 Å². The highest BCUT2D eigenvalue weighted by Gasteiger charge is 2.12. The van der Waals surface area contributed by atoms with Gasteiger partial charge in [0.15, 0.2) is 0 Å². The first-order valence-electron chi connectivity index (χ1n) is 4.55. The first kappa shape index (κ1) is 12.7. The van der Waals surface area contributed by atoms with Gasteiger partial charge < -0.3 is 21.9 Å². The summed E-state index contributed by atoms with van der Waals surface area (Å²) in [4.78, 5) is 14.6. The summed E-state index contributed by atoms with van der Waals surface area (Å²) < 4.78 is 0.698. The molecule has 0 radical (unpaired) electrons. The van der Waals surface area contributed by atoms with E-state index in [-0.39, 0.29) is 6.54 Å². The highest BCUT2D eigenvalue weighted by molar-refractivity contribution is 9.10. The van der Waals surface area contributed by atoms with Gasteiger partial charge in [-0.25, -0.2) is 4.98 Å². The Morgan fingerprint density at radius 2 is 2.38 bits per heavy atom. The Bertz CT molecular complexity index is 411. The van der Waals surface area contributed by atoms with E-state index in [1.165, 1.54) is 6.20 Å². The van der Waals surface area contributed by atoms with Crippen LogP contribution in [0.1, 0.15) is 5.56 Å². The van der Waals surface area contributed by atoms with Gasteiger partial charge in [0, 0.05) is 0 Å². The molecule has 6 nitrogen and oxygen atoms in total. The van der Waals surface area contributed by atoms with Crippen LogP contribution in [-0.2, 0) is 4.79 Å². The fourth-order valence-electron chi connectivity index (χ4n) is 1.01. The van der Waals surface area contributed by atoms with Crippen LogP contribution in [0.5, 0.6) is 0 Å². The predicted octanol–water partition coefficient (Wildman–Crippen LogP) is -0.00718. The summed E-state index contributed by atoms with van der Waals surface area (Å²) in [7, 11) is 0. The van der Waals surface area contributed by atoms with Crippen LogP contribution in [-0.4, -0.2) is 28.6 Å². The molecule has 0 spiro atoms. The van der Waals surface area contributed by atoms with Gasteiger partial charge in [0.05, 0.1) is 22.9 Å². The predicted molar refractivity (Wildman–Crippen MR) is 64.8 cm³/mol. The third-order valence-corrected chi connectivity index (χ3v) is 3.06. The number of hydrogen-bond acceptors (Lipinski definition) is 5. The van der Waals surface area contributed by atoms with Crippen LogP contribution < -0.4 is 16.8 Å². The molecular weight excluding hydrogens is 276 g/mol. The Balaban J connectivity index is 2.75. The third kappa shape index (κ3) is 2.83. The molecule has 1 atom stereocenters. The fourth-order valence-corrected chi connectivity index (χ4v) is 1.48. The quantitative estimate of drug-likeness (QED) is 0.622. The van der Waals surface area contributed by atoms with Crippen molar-refractivity contribution in [3.8, 4) is 0 Å². The van der Waals surface area contributed by atoms with Gasteiger partial charge in [-0.1, -0.05) is 0 Å². The second-order valence-electron chi connectivity index (χ2n) is 3.30. The number of nitrogens with one attached hydrogen (secondary N) is 1. The lowest BCUT2D eigenvalue weighted by atomic mass is 10.2. The van der Waals surface area contributed by atoms with E-state index in [1.807, 2.05) is 6.92 Å². The minimum Gasteiger partial charge on any atom is -0.397 e. The second-order valence-corrected chi connectivity index (χ2v) is 4.09. The molecule has 1 aromatic rings. The molecule has 0 aliphatic heterocycles. The fraction of sp³-hybridized carbons (Fsp3) is 0.333. The van der Waals surface area contributed by atoms with Crippen LogP contribution in [0.15, 0.2) is 10.7 Å². The summed E-state index contributed by atoms with van der Waals surface area (Å²) in [5.74, 6) is -0.275. The lowest BCUT2D eigenvalue weighted by Gasteiger charge is -2.12. The molecule has 0 aromatic carbocycles. The number of primary amides is 1.